The zero-order valence-corrected chi connectivity index (χ0v) is 30.2. The van der Waals surface area contributed by atoms with Crippen molar-refractivity contribution in [2.24, 2.45) is 22.7 Å². The van der Waals surface area contributed by atoms with Crippen LogP contribution in [0.4, 0.5) is 44.3 Å². The van der Waals surface area contributed by atoms with Gasteiger partial charge >= 0.3 is 30.6 Å². The summed E-state index contributed by atoms with van der Waals surface area (Å²) in [5, 5.41) is 10.5. The van der Waals surface area contributed by atoms with E-state index < -0.39 is 41.2 Å². The maximum absolute atomic E-state index is 12.6. The van der Waals surface area contributed by atoms with Crippen LogP contribution < -0.4 is 5.32 Å². The Bertz CT molecular complexity index is 1620. The molecule has 15 heteroatoms. The number of nitrogens with one attached hydrogen (secondary N) is 1. The van der Waals surface area contributed by atoms with E-state index in [0.717, 1.165) is 80.8 Å². The van der Waals surface area contributed by atoms with Gasteiger partial charge in [0, 0.05) is 19.6 Å². The lowest BCUT2D eigenvalue weighted by Gasteiger charge is -2.44. The van der Waals surface area contributed by atoms with Crippen LogP contribution in [0.3, 0.4) is 0 Å². The maximum atomic E-state index is 12.6. The number of hydrogen-bond donors (Lipinski definition) is 2. The second-order valence-corrected chi connectivity index (χ2v) is 15.7. The zero-order chi connectivity index (χ0) is 40.2. The second-order valence-electron chi connectivity index (χ2n) is 15.7. The highest BCUT2D eigenvalue weighted by Crippen LogP contribution is 2.53. The Morgan fingerprint density at radius 3 is 1.52 bits per heavy atom. The lowest BCUT2D eigenvalue weighted by Crippen LogP contribution is -2.41. The van der Waals surface area contributed by atoms with Crippen LogP contribution in [0, 0.1) is 22.7 Å². The molecule has 0 aromatic heterocycles. The molecule has 6 rings (SSSR count). The lowest BCUT2D eigenvalue weighted by atomic mass is 9.61. The summed E-state index contributed by atoms with van der Waals surface area (Å²) in [5.74, 6) is -1.77. The predicted molar refractivity (Wildman–Crippen MR) is 185 cm³/mol. The second kappa shape index (κ2) is 16.4. The van der Waals surface area contributed by atoms with E-state index in [1.807, 2.05) is 32.9 Å². The number of benzene rings is 2. The standard InChI is InChI=1S/C21H26F3NO2.C16H18F3N.C2HF3O2/c1-19(2,3)27-18(26)25-11-10-20(14-25)12-16(13-20)5-4-15-6-8-17(9-7-15)21(22,23)24;17-16(18,19)14-5-3-12(4-6-14)1-2-13-9-15(10-13)7-8-20-11-15;3-2(4,5)1(6)7/h4-9,16H,10-14H2,1-3H3;1-6,13,20H,7-11H2;(H,6,7)/b5-4+;2-1+;. The molecular weight excluding hydrogens is 731 g/mol. The van der Waals surface area contributed by atoms with Gasteiger partial charge in [-0.05, 0) is 124 Å². The van der Waals surface area contributed by atoms with E-state index in [0.29, 0.717) is 17.3 Å². The predicted octanol–water partition coefficient (Wildman–Crippen LogP) is 10.5. The molecule has 4 aliphatic rings. The van der Waals surface area contributed by atoms with Gasteiger partial charge < -0.3 is 20.1 Å². The van der Waals surface area contributed by atoms with Gasteiger partial charge in [0.15, 0.2) is 0 Å². The first-order chi connectivity index (χ1) is 24.9. The quantitative estimate of drug-likeness (QED) is 0.302. The van der Waals surface area contributed by atoms with E-state index in [2.05, 4.69) is 17.5 Å². The number of amides is 1. The first-order valence-corrected chi connectivity index (χ1v) is 17.6. The molecule has 2 aliphatic heterocycles. The molecule has 2 saturated heterocycles. The molecule has 0 bridgehead atoms. The third-order valence-corrected chi connectivity index (χ3v) is 10.0. The number of aliphatic carboxylic acids is 1. The Morgan fingerprint density at radius 1 is 0.741 bits per heavy atom. The number of likely N-dealkylation sites (tertiary alicyclic amines) is 1. The summed E-state index contributed by atoms with van der Waals surface area (Å²) in [7, 11) is 0. The van der Waals surface area contributed by atoms with Crippen LogP contribution in [0.2, 0.25) is 0 Å². The van der Waals surface area contributed by atoms with Gasteiger partial charge in [-0.15, -0.1) is 0 Å². The molecule has 0 unspecified atom stereocenters. The summed E-state index contributed by atoms with van der Waals surface area (Å²) >= 11 is 0. The van der Waals surface area contributed by atoms with Gasteiger partial charge in [-0.1, -0.05) is 48.6 Å². The number of carbonyl (C=O) groups is 2. The zero-order valence-electron chi connectivity index (χ0n) is 30.2. The Hall–Kier alpha value is -4.01. The van der Waals surface area contributed by atoms with Crippen LogP contribution in [0.15, 0.2) is 60.7 Å². The van der Waals surface area contributed by atoms with Crippen LogP contribution in [0.1, 0.15) is 81.5 Å². The number of rotatable bonds is 4. The fourth-order valence-corrected chi connectivity index (χ4v) is 7.33. The number of nitrogens with zero attached hydrogens (tertiary/aromatic N) is 1. The lowest BCUT2D eigenvalue weighted by molar-refractivity contribution is -0.192. The molecule has 4 fully saturated rings. The van der Waals surface area contributed by atoms with Crippen molar-refractivity contribution in [3.63, 3.8) is 0 Å². The minimum absolute atomic E-state index is 0.173. The van der Waals surface area contributed by atoms with Gasteiger partial charge in [-0.2, -0.15) is 39.5 Å². The molecule has 1 amide bonds. The van der Waals surface area contributed by atoms with Crippen LogP contribution in [-0.2, 0) is 21.9 Å². The van der Waals surface area contributed by atoms with Gasteiger partial charge in [0.05, 0.1) is 11.1 Å². The minimum Gasteiger partial charge on any atom is -0.475 e. The van der Waals surface area contributed by atoms with E-state index in [1.54, 1.807) is 4.90 Å². The Balaban J connectivity index is 0.000000211. The number of alkyl halides is 9. The molecule has 2 heterocycles. The van der Waals surface area contributed by atoms with Crippen LogP contribution >= 0.6 is 0 Å². The number of carboxylic acid groups (broad SMARTS) is 1. The fraction of sp³-hybridized carbons (Fsp3) is 0.538. The molecule has 54 heavy (non-hydrogen) atoms. The smallest absolute Gasteiger partial charge is 0.475 e. The van der Waals surface area contributed by atoms with Crippen molar-refractivity contribution in [2.45, 2.75) is 83.4 Å². The van der Waals surface area contributed by atoms with Gasteiger partial charge in [0.2, 0.25) is 0 Å². The number of ether oxygens (including phenoxy) is 1. The number of halogens is 9. The number of carbonyl (C=O) groups excluding carboxylic acids is 1. The topological polar surface area (TPSA) is 78.9 Å². The van der Waals surface area contributed by atoms with Crippen LogP contribution in [0.25, 0.3) is 12.2 Å². The Kier molecular flexibility index (Phi) is 13.0. The summed E-state index contributed by atoms with van der Waals surface area (Å²) < 4.78 is 112. The highest BCUT2D eigenvalue weighted by Gasteiger charge is 2.49. The third kappa shape index (κ3) is 12.3. The Morgan fingerprint density at radius 2 is 1.17 bits per heavy atom. The van der Waals surface area contributed by atoms with Crippen molar-refractivity contribution in [3.05, 3.63) is 82.9 Å². The molecule has 6 nitrogen and oxygen atoms in total. The average molecular weight is 777 g/mol. The van der Waals surface area contributed by atoms with Crippen molar-refractivity contribution in [1.29, 1.82) is 0 Å². The Labute approximate surface area is 308 Å². The van der Waals surface area contributed by atoms with Gasteiger partial charge in [0.25, 0.3) is 0 Å². The molecule has 0 radical (unpaired) electrons. The molecule has 2 aromatic carbocycles. The summed E-state index contributed by atoms with van der Waals surface area (Å²) in [6.45, 7) is 9.29. The van der Waals surface area contributed by atoms with E-state index in [1.165, 1.54) is 43.5 Å². The number of carboxylic acids is 1. The molecule has 2 aromatic rings. The summed E-state index contributed by atoms with van der Waals surface area (Å²) in [6.07, 6.45) is 0.830. The van der Waals surface area contributed by atoms with Gasteiger partial charge in [0.1, 0.15) is 5.60 Å². The average Bonchev–Trinajstić information content (AvgIpc) is 3.70. The number of allylic oxidation sites excluding steroid dienone is 2. The molecule has 298 valence electrons. The largest absolute Gasteiger partial charge is 0.490 e. The fourth-order valence-electron chi connectivity index (χ4n) is 7.33. The monoisotopic (exact) mass is 776 g/mol. The van der Waals surface area contributed by atoms with E-state index in [-0.39, 0.29) is 11.5 Å². The van der Waals surface area contributed by atoms with Crippen molar-refractivity contribution < 1.29 is 58.9 Å². The normalized spacial score (nSPS) is 25.5. The highest BCUT2D eigenvalue weighted by atomic mass is 19.4. The van der Waals surface area contributed by atoms with Gasteiger partial charge in [-0.25, -0.2) is 9.59 Å². The highest BCUT2D eigenvalue weighted by molar-refractivity contribution is 5.73. The number of hydrogen-bond acceptors (Lipinski definition) is 4. The van der Waals surface area contributed by atoms with Crippen molar-refractivity contribution in [3.8, 4) is 0 Å². The minimum atomic E-state index is -5.08. The molecular formula is C39H45F9N2O4. The molecule has 2 N–H and O–H groups in total. The molecule has 2 spiro atoms. The van der Waals surface area contributed by atoms with Crippen LogP contribution in [-0.4, -0.2) is 60.0 Å². The summed E-state index contributed by atoms with van der Waals surface area (Å²) in [4.78, 5) is 22.9. The van der Waals surface area contributed by atoms with Crippen LogP contribution in [0.5, 0.6) is 0 Å². The SMILES string of the molecule is CC(C)(C)OC(=O)N1CCC2(CC(/C=C/c3ccc(C(F)(F)F)cc3)C2)C1.FC(F)(F)c1ccc(/C=C/C2CC3(CCNC3)C2)cc1.O=C(O)C(F)(F)F. The maximum Gasteiger partial charge on any atom is 0.490 e. The van der Waals surface area contributed by atoms with Crippen molar-refractivity contribution in [1.82, 2.24) is 10.2 Å². The molecule has 2 saturated carbocycles. The van der Waals surface area contributed by atoms with Crippen molar-refractivity contribution in [2.75, 3.05) is 26.2 Å². The summed E-state index contributed by atoms with van der Waals surface area (Å²) in [5.41, 5.74) is 0.583. The first-order valence-electron chi connectivity index (χ1n) is 17.6. The first kappa shape index (κ1) is 42.7. The van der Waals surface area contributed by atoms with E-state index in [9.17, 15) is 44.3 Å². The van der Waals surface area contributed by atoms with Crippen molar-refractivity contribution >= 4 is 24.2 Å². The molecule has 0 atom stereocenters. The third-order valence-electron chi connectivity index (χ3n) is 10.0. The van der Waals surface area contributed by atoms with Gasteiger partial charge in [-0.3, -0.25) is 0 Å². The molecule has 2 aliphatic carbocycles. The van der Waals surface area contributed by atoms with E-state index >= 15 is 0 Å². The van der Waals surface area contributed by atoms with E-state index in [4.69, 9.17) is 14.6 Å². The summed E-state index contributed by atoms with van der Waals surface area (Å²) in [6, 6.07) is 10.6.